The fraction of sp³-hybridized carbons (Fsp3) is 0.440. The molecule has 0 spiro atoms. The topological polar surface area (TPSA) is 49.9 Å². The number of nitrogens with zero attached hydrogens (tertiary/aromatic N) is 2. The second-order valence-electron chi connectivity index (χ2n) is 8.45. The molecule has 2 heterocycles. The molecule has 0 bridgehead atoms. The summed E-state index contributed by atoms with van der Waals surface area (Å²) in [6.45, 7) is 1.86. The Hall–Kier alpha value is -2.89. The van der Waals surface area contributed by atoms with E-state index in [-0.39, 0.29) is 23.7 Å². The molecular weight excluding hydrogens is 395 g/mol. The summed E-state index contributed by atoms with van der Waals surface area (Å²) >= 11 is 0. The first-order valence-corrected chi connectivity index (χ1v) is 11.0. The van der Waals surface area contributed by atoms with Crippen molar-refractivity contribution in [1.82, 2.24) is 9.80 Å². The number of halogens is 1. The fourth-order valence-corrected chi connectivity index (χ4v) is 4.88. The lowest BCUT2D eigenvalue weighted by molar-refractivity contribution is -0.145. The van der Waals surface area contributed by atoms with E-state index in [1.165, 1.54) is 12.1 Å². The van der Waals surface area contributed by atoms with E-state index in [1.54, 1.807) is 19.2 Å². The predicted molar refractivity (Wildman–Crippen MR) is 116 cm³/mol. The molecule has 4 rings (SSSR count). The molecule has 0 radical (unpaired) electrons. The summed E-state index contributed by atoms with van der Waals surface area (Å²) in [5.41, 5.74) is 1.98. The van der Waals surface area contributed by atoms with Gasteiger partial charge in [-0.25, -0.2) is 4.39 Å². The van der Waals surface area contributed by atoms with Crippen LogP contribution in [0, 0.1) is 11.7 Å². The number of hydrogen-bond acceptors (Lipinski definition) is 3. The highest BCUT2D eigenvalue weighted by atomic mass is 19.1. The van der Waals surface area contributed by atoms with E-state index < -0.39 is 0 Å². The van der Waals surface area contributed by atoms with Crippen LogP contribution in [-0.2, 0) is 22.6 Å². The minimum Gasteiger partial charge on any atom is -0.496 e. The van der Waals surface area contributed by atoms with Gasteiger partial charge in [-0.2, -0.15) is 0 Å². The zero-order chi connectivity index (χ0) is 21.8. The number of carbonyl (C=O) groups excluding carboxylic acids is 2. The van der Waals surface area contributed by atoms with E-state index >= 15 is 0 Å². The van der Waals surface area contributed by atoms with Crippen LogP contribution < -0.4 is 4.74 Å². The minimum atomic E-state index is -0.272. The molecular formula is C25H29FN2O3. The molecule has 2 aliphatic heterocycles. The van der Waals surface area contributed by atoms with Gasteiger partial charge in [0, 0.05) is 38.5 Å². The molecule has 164 valence electrons. The molecule has 2 aromatic carbocycles. The summed E-state index contributed by atoms with van der Waals surface area (Å²) < 4.78 is 18.6. The lowest BCUT2D eigenvalue weighted by Crippen LogP contribution is -2.56. The number of methoxy groups -OCH3 is 1. The third-order valence-corrected chi connectivity index (χ3v) is 6.56. The van der Waals surface area contributed by atoms with Gasteiger partial charge in [-0.1, -0.05) is 30.3 Å². The van der Waals surface area contributed by atoms with Crippen molar-refractivity contribution in [3.05, 3.63) is 65.5 Å². The number of amides is 2. The highest BCUT2D eigenvalue weighted by Gasteiger charge is 2.40. The van der Waals surface area contributed by atoms with Crippen molar-refractivity contribution in [2.24, 2.45) is 5.92 Å². The number of piperidine rings is 2. The molecule has 5 nitrogen and oxygen atoms in total. The van der Waals surface area contributed by atoms with E-state index in [2.05, 4.69) is 0 Å². The second kappa shape index (κ2) is 9.50. The van der Waals surface area contributed by atoms with Crippen LogP contribution in [0.25, 0.3) is 0 Å². The Kier molecular flexibility index (Phi) is 6.54. The third kappa shape index (κ3) is 4.89. The number of para-hydroxylation sites is 1. The lowest BCUT2D eigenvalue weighted by Gasteiger charge is -2.47. The summed E-state index contributed by atoms with van der Waals surface area (Å²) in [7, 11) is 1.65. The maximum atomic E-state index is 13.2. The van der Waals surface area contributed by atoms with E-state index in [0.717, 1.165) is 29.7 Å². The molecule has 0 aliphatic carbocycles. The Bertz CT molecular complexity index is 931. The molecule has 2 atom stereocenters. The summed E-state index contributed by atoms with van der Waals surface area (Å²) in [4.78, 5) is 29.4. The molecule has 0 unspecified atom stereocenters. The fourth-order valence-electron chi connectivity index (χ4n) is 4.88. The summed E-state index contributed by atoms with van der Waals surface area (Å²) in [6, 6.07) is 14.3. The van der Waals surface area contributed by atoms with Crippen LogP contribution in [0.2, 0.25) is 0 Å². The first kappa shape index (κ1) is 21.3. The Morgan fingerprint density at radius 3 is 2.68 bits per heavy atom. The zero-order valence-electron chi connectivity index (χ0n) is 17.9. The van der Waals surface area contributed by atoms with E-state index in [4.69, 9.17) is 4.74 Å². The van der Waals surface area contributed by atoms with Gasteiger partial charge in [0.15, 0.2) is 0 Å². The zero-order valence-corrected chi connectivity index (χ0v) is 17.9. The number of fused-ring (bicyclic) bond motifs is 1. The molecule has 0 aromatic heterocycles. The van der Waals surface area contributed by atoms with Crippen LogP contribution >= 0.6 is 0 Å². The van der Waals surface area contributed by atoms with Crippen molar-refractivity contribution in [3.8, 4) is 5.75 Å². The largest absolute Gasteiger partial charge is 0.496 e. The third-order valence-electron chi connectivity index (χ3n) is 6.56. The molecule has 2 aliphatic rings. The van der Waals surface area contributed by atoms with Crippen LogP contribution in [0.1, 0.15) is 36.8 Å². The maximum absolute atomic E-state index is 13.2. The van der Waals surface area contributed by atoms with Crippen molar-refractivity contribution >= 4 is 11.8 Å². The summed E-state index contributed by atoms with van der Waals surface area (Å²) in [6.07, 6.45) is 3.22. The Labute approximate surface area is 182 Å². The van der Waals surface area contributed by atoms with Gasteiger partial charge in [-0.3, -0.25) is 9.59 Å². The van der Waals surface area contributed by atoms with Gasteiger partial charge >= 0.3 is 0 Å². The van der Waals surface area contributed by atoms with Crippen LogP contribution in [0.4, 0.5) is 4.39 Å². The quantitative estimate of drug-likeness (QED) is 0.709. The highest BCUT2D eigenvalue weighted by molar-refractivity contribution is 5.78. The standard InChI is InChI=1S/C25H29FN2O3/c1-31-23-5-3-2-4-19(23)8-12-24(29)27-15-14-22-20(17-27)9-13-25(30)28(22)16-18-6-10-21(26)11-7-18/h2-7,10-11,20,22H,8-9,12-17H2,1H3/t20-,22+/m1/s1. The SMILES string of the molecule is COc1ccccc1CCC(=O)N1CC[C@H]2[C@H](CCC(=O)N2Cc2ccc(F)cc2)C1. The van der Waals surface area contributed by atoms with Gasteiger partial charge in [0.25, 0.3) is 0 Å². The number of carbonyl (C=O) groups is 2. The van der Waals surface area contributed by atoms with Crippen molar-refractivity contribution < 1.29 is 18.7 Å². The maximum Gasteiger partial charge on any atom is 0.223 e. The molecule has 2 amide bonds. The average molecular weight is 425 g/mol. The molecule has 0 N–H and O–H groups in total. The average Bonchev–Trinajstić information content (AvgIpc) is 2.80. The second-order valence-corrected chi connectivity index (χ2v) is 8.45. The summed E-state index contributed by atoms with van der Waals surface area (Å²) in [5, 5.41) is 0. The van der Waals surface area contributed by atoms with Gasteiger partial charge in [0.05, 0.1) is 7.11 Å². The van der Waals surface area contributed by atoms with E-state index in [1.807, 2.05) is 34.1 Å². The van der Waals surface area contributed by atoms with Crippen molar-refractivity contribution in [3.63, 3.8) is 0 Å². The first-order valence-electron chi connectivity index (χ1n) is 11.0. The van der Waals surface area contributed by atoms with Gasteiger partial charge in [-0.15, -0.1) is 0 Å². The molecule has 0 saturated carbocycles. The lowest BCUT2D eigenvalue weighted by atomic mass is 9.83. The number of rotatable bonds is 6. The van der Waals surface area contributed by atoms with Crippen molar-refractivity contribution in [2.75, 3.05) is 20.2 Å². The van der Waals surface area contributed by atoms with Crippen LogP contribution in [0.3, 0.4) is 0 Å². The minimum absolute atomic E-state index is 0.143. The number of aryl methyl sites for hydroxylation is 1. The predicted octanol–water partition coefficient (Wildman–Crippen LogP) is 3.81. The normalized spacial score (nSPS) is 21.0. The van der Waals surface area contributed by atoms with Crippen LogP contribution in [-0.4, -0.2) is 47.9 Å². The molecule has 6 heteroatoms. The van der Waals surface area contributed by atoms with Crippen molar-refractivity contribution in [2.45, 2.75) is 44.7 Å². The molecule has 2 fully saturated rings. The molecule has 31 heavy (non-hydrogen) atoms. The van der Waals surface area contributed by atoms with Crippen LogP contribution in [0.15, 0.2) is 48.5 Å². The number of likely N-dealkylation sites (tertiary alicyclic amines) is 2. The number of hydrogen-bond donors (Lipinski definition) is 0. The Morgan fingerprint density at radius 2 is 1.90 bits per heavy atom. The Morgan fingerprint density at radius 1 is 1.13 bits per heavy atom. The summed E-state index contributed by atoms with van der Waals surface area (Å²) in [5.74, 6) is 1.15. The van der Waals surface area contributed by atoms with Gasteiger partial charge < -0.3 is 14.5 Å². The van der Waals surface area contributed by atoms with Crippen LogP contribution in [0.5, 0.6) is 5.75 Å². The number of benzene rings is 2. The molecule has 2 saturated heterocycles. The van der Waals surface area contributed by atoms with Gasteiger partial charge in [0.2, 0.25) is 11.8 Å². The highest BCUT2D eigenvalue weighted by Crippen LogP contribution is 2.33. The van der Waals surface area contributed by atoms with E-state index in [9.17, 15) is 14.0 Å². The smallest absolute Gasteiger partial charge is 0.223 e. The monoisotopic (exact) mass is 424 g/mol. The molecule has 2 aromatic rings. The first-order chi connectivity index (χ1) is 15.0. The van der Waals surface area contributed by atoms with Gasteiger partial charge in [-0.05, 0) is 54.5 Å². The Balaban J connectivity index is 1.36. The van der Waals surface area contributed by atoms with Gasteiger partial charge in [0.1, 0.15) is 11.6 Å². The number of ether oxygens (including phenoxy) is 1. The van der Waals surface area contributed by atoms with Crippen molar-refractivity contribution in [1.29, 1.82) is 0 Å². The van der Waals surface area contributed by atoms with E-state index in [0.29, 0.717) is 44.8 Å².